The SMILES string of the molecule is COc1ccc(C(=O)C=Cc2cc(-c3ccc(OC)c(OC)c3)n[nH]2)c(F)c1. The van der Waals surface area contributed by atoms with Crippen molar-refractivity contribution >= 4 is 11.9 Å². The van der Waals surface area contributed by atoms with Crippen LogP contribution in [0.2, 0.25) is 0 Å². The summed E-state index contributed by atoms with van der Waals surface area (Å²) < 4.78 is 29.4. The lowest BCUT2D eigenvalue weighted by Gasteiger charge is -2.08. The molecule has 3 aromatic rings. The number of benzene rings is 2. The summed E-state index contributed by atoms with van der Waals surface area (Å²) in [6, 6.07) is 11.3. The van der Waals surface area contributed by atoms with E-state index in [-0.39, 0.29) is 5.56 Å². The molecule has 0 radical (unpaired) electrons. The van der Waals surface area contributed by atoms with Gasteiger partial charge in [-0.25, -0.2) is 4.39 Å². The first-order chi connectivity index (χ1) is 13.5. The van der Waals surface area contributed by atoms with E-state index in [1.54, 1.807) is 38.5 Å². The lowest BCUT2D eigenvalue weighted by Crippen LogP contribution is -1.99. The van der Waals surface area contributed by atoms with Gasteiger partial charge in [-0.2, -0.15) is 5.10 Å². The van der Waals surface area contributed by atoms with Crippen molar-refractivity contribution in [2.75, 3.05) is 21.3 Å². The van der Waals surface area contributed by atoms with Crippen LogP contribution in [0.5, 0.6) is 17.2 Å². The molecule has 0 spiro atoms. The van der Waals surface area contributed by atoms with Crippen LogP contribution < -0.4 is 14.2 Å². The van der Waals surface area contributed by atoms with Gasteiger partial charge < -0.3 is 14.2 Å². The molecule has 2 aromatic carbocycles. The minimum Gasteiger partial charge on any atom is -0.497 e. The Labute approximate surface area is 161 Å². The highest BCUT2D eigenvalue weighted by Gasteiger charge is 2.11. The maximum Gasteiger partial charge on any atom is 0.188 e. The van der Waals surface area contributed by atoms with Crippen LogP contribution in [0.25, 0.3) is 17.3 Å². The fraction of sp³-hybridized carbons (Fsp3) is 0.143. The molecule has 0 aliphatic carbocycles. The second kappa shape index (κ2) is 8.39. The van der Waals surface area contributed by atoms with Crippen molar-refractivity contribution in [3.63, 3.8) is 0 Å². The minimum atomic E-state index is -0.635. The number of aromatic amines is 1. The van der Waals surface area contributed by atoms with Gasteiger partial charge in [0.25, 0.3) is 0 Å². The van der Waals surface area contributed by atoms with Crippen LogP contribution in [0, 0.1) is 5.82 Å². The Hall–Kier alpha value is -3.61. The molecule has 28 heavy (non-hydrogen) atoms. The number of carbonyl (C=O) groups excluding carboxylic acids is 1. The molecule has 0 aliphatic rings. The van der Waals surface area contributed by atoms with Crippen molar-refractivity contribution in [2.45, 2.75) is 0 Å². The number of ketones is 1. The number of hydrogen-bond acceptors (Lipinski definition) is 5. The summed E-state index contributed by atoms with van der Waals surface area (Å²) in [6.07, 6.45) is 2.83. The molecule has 0 amide bonds. The highest BCUT2D eigenvalue weighted by Crippen LogP contribution is 2.31. The van der Waals surface area contributed by atoms with Crippen molar-refractivity contribution in [3.05, 3.63) is 65.6 Å². The van der Waals surface area contributed by atoms with E-state index >= 15 is 0 Å². The van der Waals surface area contributed by atoms with Gasteiger partial charge >= 0.3 is 0 Å². The Morgan fingerprint density at radius 2 is 1.79 bits per heavy atom. The van der Waals surface area contributed by atoms with Gasteiger partial charge in [-0.05, 0) is 48.6 Å². The minimum absolute atomic E-state index is 0.0309. The van der Waals surface area contributed by atoms with Crippen LogP contribution in [0.15, 0.2) is 48.5 Å². The van der Waals surface area contributed by atoms with Crippen molar-refractivity contribution in [1.82, 2.24) is 10.2 Å². The van der Waals surface area contributed by atoms with E-state index in [9.17, 15) is 9.18 Å². The maximum atomic E-state index is 14.0. The third-order valence-corrected chi connectivity index (χ3v) is 4.13. The van der Waals surface area contributed by atoms with E-state index in [1.807, 2.05) is 6.07 Å². The Balaban J connectivity index is 1.78. The number of halogens is 1. The smallest absolute Gasteiger partial charge is 0.188 e. The van der Waals surface area contributed by atoms with Crippen LogP contribution in [-0.2, 0) is 0 Å². The number of rotatable bonds is 7. The number of aromatic nitrogens is 2. The molecule has 1 aromatic heterocycles. The number of methoxy groups -OCH3 is 3. The van der Waals surface area contributed by atoms with Gasteiger partial charge in [-0.3, -0.25) is 9.89 Å². The molecule has 1 N–H and O–H groups in total. The van der Waals surface area contributed by atoms with Gasteiger partial charge in [-0.1, -0.05) is 0 Å². The normalized spacial score (nSPS) is 10.9. The molecule has 0 bridgehead atoms. The van der Waals surface area contributed by atoms with Crippen LogP contribution in [-0.4, -0.2) is 37.3 Å². The Bertz CT molecular complexity index is 1030. The van der Waals surface area contributed by atoms with Crippen LogP contribution >= 0.6 is 0 Å². The largest absolute Gasteiger partial charge is 0.497 e. The predicted octanol–water partition coefficient (Wildman–Crippen LogP) is 4.14. The van der Waals surface area contributed by atoms with Gasteiger partial charge in [0.2, 0.25) is 0 Å². The predicted molar refractivity (Wildman–Crippen MR) is 103 cm³/mol. The zero-order valence-corrected chi connectivity index (χ0v) is 15.7. The van der Waals surface area contributed by atoms with E-state index < -0.39 is 11.6 Å². The van der Waals surface area contributed by atoms with Crippen LogP contribution in [0.3, 0.4) is 0 Å². The van der Waals surface area contributed by atoms with E-state index in [2.05, 4.69) is 10.2 Å². The molecule has 0 saturated carbocycles. The summed E-state index contributed by atoms with van der Waals surface area (Å²) in [6.45, 7) is 0. The zero-order valence-electron chi connectivity index (χ0n) is 15.7. The van der Waals surface area contributed by atoms with E-state index in [4.69, 9.17) is 14.2 Å². The first-order valence-electron chi connectivity index (χ1n) is 8.39. The zero-order chi connectivity index (χ0) is 20.1. The summed E-state index contributed by atoms with van der Waals surface area (Å²) >= 11 is 0. The molecule has 0 fully saturated rings. The standard InChI is InChI=1S/C21H19FN2O4/c1-26-15-6-7-16(17(22)12-15)19(25)8-5-14-11-18(24-23-14)13-4-9-20(27-2)21(10-13)28-3/h4-12H,1-3H3,(H,23,24). The maximum absolute atomic E-state index is 14.0. The van der Waals surface area contributed by atoms with Gasteiger partial charge in [0.1, 0.15) is 11.6 Å². The Morgan fingerprint density at radius 3 is 2.46 bits per heavy atom. The number of nitrogens with zero attached hydrogens (tertiary/aromatic N) is 1. The monoisotopic (exact) mass is 382 g/mol. The third-order valence-electron chi connectivity index (χ3n) is 4.13. The van der Waals surface area contributed by atoms with Crippen LogP contribution in [0.4, 0.5) is 4.39 Å². The number of allylic oxidation sites excluding steroid dienone is 1. The van der Waals surface area contributed by atoms with Gasteiger partial charge in [-0.15, -0.1) is 0 Å². The average molecular weight is 382 g/mol. The summed E-state index contributed by atoms with van der Waals surface area (Å²) in [5, 5.41) is 7.07. The molecule has 0 atom stereocenters. The van der Waals surface area contributed by atoms with E-state index in [0.717, 1.165) is 5.56 Å². The highest BCUT2D eigenvalue weighted by atomic mass is 19.1. The van der Waals surface area contributed by atoms with Crippen molar-refractivity contribution < 1.29 is 23.4 Å². The van der Waals surface area contributed by atoms with Gasteiger partial charge in [0.15, 0.2) is 17.3 Å². The molecule has 0 aliphatic heterocycles. The lowest BCUT2D eigenvalue weighted by molar-refractivity contribution is 0.104. The Morgan fingerprint density at radius 1 is 1.00 bits per heavy atom. The molecule has 7 heteroatoms. The fourth-order valence-electron chi connectivity index (χ4n) is 2.64. The molecule has 3 rings (SSSR count). The quantitative estimate of drug-likeness (QED) is 0.491. The van der Waals surface area contributed by atoms with Gasteiger partial charge in [0, 0.05) is 11.6 Å². The highest BCUT2D eigenvalue weighted by molar-refractivity contribution is 6.07. The number of H-pyrrole nitrogens is 1. The second-order valence-corrected chi connectivity index (χ2v) is 5.82. The summed E-state index contributed by atoms with van der Waals surface area (Å²) in [4.78, 5) is 12.2. The summed E-state index contributed by atoms with van der Waals surface area (Å²) in [7, 11) is 4.56. The van der Waals surface area contributed by atoms with Crippen LogP contribution in [0.1, 0.15) is 16.1 Å². The van der Waals surface area contributed by atoms with Crippen molar-refractivity contribution in [2.24, 2.45) is 0 Å². The number of carbonyl (C=O) groups is 1. The van der Waals surface area contributed by atoms with Crippen molar-refractivity contribution in [1.29, 1.82) is 0 Å². The lowest BCUT2D eigenvalue weighted by atomic mass is 10.1. The molecule has 0 unspecified atom stereocenters. The molecular weight excluding hydrogens is 363 g/mol. The van der Waals surface area contributed by atoms with Gasteiger partial charge in [0.05, 0.1) is 38.3 Å². The summed E-state index contributed by atoms with van der Waals surface area (Å²) in [5.74, 6) is 0.470. The first-order valence-corrected chi connectivity index (χ1v) is 8.39. The topological polar surface area (TPSA) is 73.4 Å². The van der Waals surface area contributed by atoms with E-state index in [1.165, 1.54) is 31.4 Å². The average Bonchev–Trinajstić information content (AvgIpc) is 3.20. The first kappa shape index (κ1) is 19.2. The molecule has 6 nitrogen and oxygen atoms in total. The number of ether oxygens (including phenoxy) is 3. The fourth-order valence-corrected chi connectivity index (χ4v) is 2.64. The molecule has 0 saturated heterocycles. The van der Waals surface area contributed by atoms with E-state index in [0.29, 0.717) is 28.6 Å². The van der Waals surface area contributed by atoms with Crippen molar-refractivity contribution in [3.8, 4) is 28.5 Å². The third kappa shape index (κ3) is 4.03. The number of hydrogen-bond donors (Lipinski definition) is 1. The molecule has 144 valence electrons. The molecular formula is C21H19FN2O4. The second-order valence-electron chi connectivity index (χ2n) is 5.82. The molecule has 1 heterocycles. The Kier molecular flexibility index (Phi) is 5.74. The number of nitrogens with one attached hydrogen (secondary N) is 1. The summed E-state index contributed by atoms with van der Waals surface area (Å²) in [5.41, 5.74) is 2.06.